The van der Waals surface area contributed by atoms with Crippen LogP contribution in [0.2, 0.25) is 5.02 Å². The number of anilines is 2. The van der Waals surface area contributed by atoms with E-state index in [1.807, 2.05) is 32.3 Å². The van der Waals surface area contributed by atoms with Gasteiger partial charge in [0.25, 0.3) is 0 Å². The number of halogens is 1. The van der Waals surface area contributed by atoms with Gasteiger partial charge in [0.1, 0.15) is 18.0 Å². The Morgan fingerprint density at radius 1 is 1.29 bits per heavy atom. The molecule has 2 aromatic rings. The average Bonchev–Trinajstić information content (AvgIpc) is 2.53. The van der Waals surface area contributed by atoms with Gasteiger partial charge < -0.3 is 10.2 Å². The van der Waals surface area contributed by atoms with Crippen molar-refractivity contribution < 1.29 is 0 Å². The van der Waals surface area contributed by atoms with Gasteiger partial charge in [-0.05, 0) is 25.0 Å². The second kappa shape index (κ2) is 6.76. The van der Waals surface area contributed by atoms with E-state index in [0.717, 1.165) is 34.2 Å². The molecular weight excluding hydrogens is 284 g/mol. The van der Waals surface area contributed by atoms with Crippen molar-refractivity contribution in [2.45, 2.75) is 26.3 Å². The Kier molecular flexibility index (Phi) is 5.02. The van der Waals surface area contributed by atoms with Crippen molar-refractivity contribution in [3.8, 4) is 0 Å². The van der Waals surface area contributed by atoms with Crippen LogP contribution in [0.1, 0.15) is 31.0 Å². The van der Waals surface area contributed by atoms with Gasteiger partial charge in [-0.25, -0.2) is 9.97 Å². The molecule has 1 aromatic heterocycles. The first-order chi connectivity index (χ1) is 10.1. The Balaban J connectivity index is 2.40. The minimum absolute atomic E-state index is 0.128. The zero-order chi connectivity index (χ0) is 15.4. The van der Waals surface area contributed by atoms with Crippen molar-refractivity contribution in [2.75, 3.05) is 24.3 Å². The third-order valence-electron chi connectivity index (χ3n) is 3.78. The molecule has 0 amide bonds. The van der Waals surface area contributed by atoms with Crippen molar-refractivity contribution in [1.29, 1.82) is 0 Å². The van der Waals surface area contributed by atoms with Crippen molar-refractivity contribution in [3.05, 3.63) is 46.7 Å². The van der Waals surface area contributed by atoms with Crippen LogP contribution >= 0.6 is 11.6 Å². The van der Waals surface area contributed by atoms with Gasteiger partial charge in [0.15, 0.2) is 0 Å². The van der Waals surface area contributed by atoms with Crippen LogP contribution in [-0.2, 0) is 6.42 Å². The van der Waals surface area contributed by atoms with Crippen molar-refractivity contribution >= 4 is 23.2 Å². The largest absolute Gasteiger partial charge is 0.373 e. The summed E-state index contributed by atoms with van der Waals surface area (Å²) in [6.07, 6.45) is 2.46. The van der Waals surface area contributed by atoms with E-state index in [9.17, 15) is 0 Å². The second-order valence-corrected chi connectivity index (χ2v) is 5.34. The monoisotopic (exact) mass is 304 g/mol. The topological polar surface area (TPSA) is 41.1 Å². The summed E-state index contributed by atoms with van der Waals surface area (Å²) in [4.78, 5) is 10.9. The van der Waals surface area contributed by atoms with Crippen LogP contribution < -0.4 is 10.2 Å². The van der Waals surface area contributed by atoms with Crippen LogP contribution in [0.15, 0.2) is 30.6 Å². The molecule has 1 atom stereocenters. The molecule has 0 aliphatic heterocycles. The van der Waals surface area contributed by atoms with Gasteiger partial charge in [-0.15, -0.1) is 0 Å². The van der Waals surface area contributed by atoms with Crippen LogP contribution in [0.3, 0.4) is 0 Å². The lowest BCUT2D eigenvalue weighted by atomic mass is 10.1. The lowest BCUT2D eigenvalue weighted by Gasteiger charge is -2.29. The van der Waals surface area contributed by atoms with E-state index < -0.39 is 0 Å². The Labute approximate surface area is 131 Å². The fourth-order valence-corrected chi connectivity index (χ4v) is 2.75. The Morgan fingerprint density at radius 3 is 2.62 bits per heavy atom. The van der Waals surface area contributed by atoms with E-state index in [4.69, 9.17) is 11.6 Å². The molecule has 0 aliphatic rings. The zero-order valence-corrected chi connectivity index (χ0v) is 13.6. The predicted octanol–water partition coefficient (Wildman–Crippen LogP) is 3.93. The molecule has 0 saturated heterocycles. The van der Waals surface area contributed by atoms with Gasteiger partial charge in [-0.3, -0.25) is 0 Å². The Hall–Kier alpha value is -1.81. The van der Waals surface area contributed by atoms with Gasteiger partial charge in [-0.2, -0.15) is 0 Å². The van der Waals surface area contributed by atoms with Crippen LogP contribution in [0.5, 0.6) is 0 Å². The standard InChI is InChI=1S/C16H21ClN4/c1-5-12-15(18-3)19-10-20-16(12)21(4)11(2)13-8-6-7-9-14(13)17/h6-11H,5H2,1-4H3,(H,18,19,20). The fraction of sp³-hybridized carbons (Fsp3) is 0.375. The van der Waals surface area contributed by atoms with Crippen molar-refractivity contribution in [3.63, 3.8) is 0 Å². The molecule has 21 heavy (non-hydrogen) atoms. The highest BCUT2D eigenvalue weighted by Gasteiger charge is 2.19. The number of hydrogen-bond acceptors (Lipinski definition) is 4. The Bertz CT molecular complexity index is 615. The molecule has 0 spiro atoms. The third-order valence-corrected chi connectivity index (χ3v) is 4.13. The number of nitrogens with one attached hydrogen (secondary N) is 1. The highest BCUT2D eigenvalue weighted by Crippen LogP contribution is 2.32. The highest BCUT2D eigenvalue weighted by molar-refractivity contribution is 6.31. The first kappa shape index (κ1) is 15.6. The van der Waals surface area contributed by atoms with Gasteiger partial charge in [0.05, 0.1) is 6.04 Å². The van der Waals surface area contributed by atoms with E-state index in [1.54, 1.807) is 6.33 Å². The number of nitrogens with zero attached hydrogens (tertiary/aromatic N) is 3. The molecule has 5 heteroatoms. The molecule has 0 fully saturated rings. The van der Waals surface area contributed by atoms with Gasteiger partial charge in [-0.1, -0.05) is 36.7 Å². The molecule has 2 rings (SSSR count). The van der Waals surface area contributed by atoms with Crippen LogP contribution in [0, 0.1) is 0 Å². The molecule has 0 bridgehead atoms. The molecule has 112 valence electrons. The van der Waals surface area contributed by atoms with Crippen LogP contribution in [0.25, 0.3) is 0 Å². The molecule has 1 aromatic carbocycles. The fourth-order valence-electron chi connectivity index (χ4n) is 2.45. The summed E-state index contributed by atoms with van der Waals surface area (Å²) in [7, 11) is 3.91. The lowest BCUT2D eigenvalue weighted by molar-refractivity contribution is 0.721. The minimum atomic E-state index is 0.128. The van der Waals surface area contributed by atoms with Crippen molar-refractivity contribution in [2.24, 2.45) is 0 Å². The van der Waals surface area contributed by atoms with Gasteiger partial charge >= 0.3 is 0 Å². The summed E-state index contributed by atoms with van der Waals surface area (Å²) in [5.41, 5.74) is 2.20. The summed E-state index contributed by atoms with van der Waals surface area (Å²) in [6.45, 7) is 4.23. The van der Waals surface area contributed by atoms with Crippen LogP contribution in [0.4, 0.5) is 11.6 Å². The summed E-state index contributed by atoms with van der Waals surface area (Å²) >= 11 is 6.31. The summed E-state index contributed by atoms with van der Waals surface area (Å²) in [6, 6.07) is 8.05. The van der Waals surface area contributed by atoms with Gasteiger partial charge in [0, 0.05) is 24.7 Å². The van der Waals surface area contributed by atoms with Crippen LogP contribution in [-0.4, -0.2) is 24.1 Å². The zero-order valence-electron chi connectivity index (χ0n) is 12.9. The average molecular weight is 305 g/mol. The van der Waals surface area contributed by atoms with E-state index >= 15 is 0 Å². The minimum Gasteiger partial charge on any atom is -0.373 e. The molecule has 0 saturated carbocycles. The first-order valence-electron chi connectivity index (χ1n) is 7.09. The van der Waals surface area contributed by atoms with Gasteiger partial charge in [0.2, 0.25) is 0 Å². The maximum absolute atomic E-state index is 6.31. The van der Waals surface area contributed by atoms with E-state index in [1.165, 1.54) is 0 Å². The molecule has 0 aliphatic carbocycles. The lowest BCUT2D eigenvalue weighted by Crippen LogP contribution is -2.24. The third kappa shape index (κ3) is 3.10. The van der Waals surface area contributed by atoms with E-state index in [2.05, 4.69) is 40.1 Å². The molecular formula is C16H21ClN4. The predicted molar refractivity (Wildman–Crippen MR) is 89.2 cm³/mol. The van der Waals surface area contributed by atoms with Crippen molar-refractivity contribution in [1.82, 2.24) is 9.97 Å². The smallest absolute Gasteiger partial charge is 0.137 e. The summed E-state index contributed by atoms with van der Waals surface area (Å²) in [5.74, 6) is 1.81. The molecule has 1 N–H and O–H groups in total. The van der Waals surface area contributed by atoms with E-state index in [-0.39, 0.29) is 6.04 Å². The number of benzene rings is 1. The molecule has 0 radical (unpaired) electrons. The SMILES string of the molecule is CCc1c(NC)ncnc1N(C)C(C)c1ccccc1Cl. The van der Waals surface area contributed by atoms with E-state index in [0.29, 0.717) is 0 Å². The molecule has 1 unspecified atom stereocenters. The highest BCUT2D eigenvalue weighted by atomic mass is 35.5. The maximum Gasteiger partial charge on any atom is 0.137 e. The summed E-state index contributed by atoms with van der Waals surface area (Å²) in [5, 5.41) is 3.90. The first-order valence-corrected chi connectivity index (χ1v) is 7.46. The summed E-state index contributed by atoms with van der Waals surface area (Å²) < 4.78 is 0. The maximum atomic E-state index is 6.31. The normalized spacial score (nSPS) is 12.0. The Morgan fingerprint density at radius 2 is 2.00 bits per heavy atom. The molecule has 1 heterocycles. The number of rotatable bonds is 5. The quantitative estimate of drug-likeness (QED) is 0.908. The number of aromatic nitrogens is 2. The molecule has 4 nitrogen and oxygen atoms in total. The number of hydrogen-bond donors (Lipinski definition) is 1. The second-order valence-electron chi connectivity index (χ2n) is 4.94.